The number of nitrogens with zero attached hydrogens (tertiary/aromatic N) is 1. The molecule has 3 unspecified atom stereocenters. The zero-order valence-electron chi connectivity index (χ0n) is 25.4. The van der Waals surface area contributed by atoms with Crippen molar-refractivity contribution in [3.63, 3.8) is 0 Å². The predicted octanol–water partition coefficient (Wildman–Crippen LogP) is 4.95. The van der Waals surface area contributed by atoms with Gasteiger partial charge in [-0.1, -0.05) is 96.2 Å². The van der Waals surface area contributed by atoms with E-state index in [4.69, 9.17) is 0 Å². The number of nitrogens with one attached hydrogen (secondary N) is 3. The minimum Gasteiger partial charge on any atom is -0.353 e. The van der Waals surface area contributed by atoms with Gasteiger partial charge >= 0.3 is 0 Å². The predicted molar refractivity (Wildman–Crippen MR) is 170 cm³/mol. The molecule has 0 bridgehead atoms. The van der Waals surface area contributed by atoms with Crippen molar-refractivity contribution in [2.45, 2.75) is 83.0 Å². The molecule has 8 nitrogen and oxygen atoms in total. The molecular formula is C35H44N4O4. The number of amides is 2. The second-order valence-corrected chi connectivity index (χ2v) is 11.7. The molecule has 0 spiro atoms. The largest absolute Gasteiger partial charge is 0.353 e. The maximum atomic E-state index is 13.1. The Kier molecular flexibility index (Phi) is 13.2. The van der Waals surface area contributed by atoms with Crippen molar-refractivity contribution in [1.82, 2.24) is 16.0 Å². The summed E-state index contributed by atoms with van der Waals surface area (Å²) in [6, 6.07) is 29.0. The van der Waals surface area contributed by atoms with Gasteiger partial charge in [-0.05, 0) is 56.7 Å². The van der Waals surface area contributed by atoms with E-state index >= 15 is 0 Å². The molecule has 0 aromatic heterocycles. The molecule has 3 N–H and O–H groups in total. The van der Waals surface area contributed by atoms with Crippen LogP contribution in [0.5, 0.6) is 0 Å². The van der Waals surface area contributed by atoms with Crippen LogP contribution in [0.1, 0.15) is 56.7 Å². The second kappa shape index (κ2) is 17.1. The van der Waals surface area contributed by atoms with Crippen LogP contribution in [0.25, 0.3) is 0 Å². The number of carbonyl (C=O) groups excluding carboxylic acids is 3. The molecule has 43 heavy (non-hydrogen) atoms. The van der Waals surface area contributed by atoms with Gasteiger partial charge in [-0.3, -0.25) is 14.4 Å². The summed E-state index contributed by atoms with van der Waals surface area (Å²) in [6.45, 7) is 5.74. The Balaban J connectivity index is 1.64. The Morgan fingerprint density at radius 1 is 0.605 bits per heavy atom. The van der Waals surface area contributed by atoms with Crippen LogP contribution in [-0.2, 0) is 33.6 Å². The van der Waals surface area contributed by atoms with Gasteiger partial charge < -0.3 is 16.0 Å². The number of rotatable bonds is 18. The summed E-state index contributed by atoms with van der Waals surface area (Å²) < 4.78 is 0. The van der Waals surface area contributed by atoms with Gasteiger partial charge in [0.05, 0.1) is 19.4 Å². The van der Waals surface area contributed by atoms with Crippen LogP contribution in [0.15, 0.2) is 96.2 Å². The van der Waals surface area contributed by atoms with E-state index in [1.807, 2.05) is 112 Å². The number of carbonyl (C=O) groups is 3. The lowest BCUT2D eigenvalue weighted by atomic mass is 9.85. The molecule has 0 aliphatic carbocycles. The van der Waals surface area contributed by atoms with Crippen LogP contribution in [0.2, 0.25) is 0 Å². The molecule has 3 rings (SSSR count). The Morgan fingerprint density at radius 2 is 0.977 bits per heavy atom. The van der Waals surface area contributed by atoms with E-state index in [1.165, 1.54) is 0 Å². The van der Waals surface area contributed by atoms with Crippen molar-refractivity contribution in [3.05, 3.63) is 113 Å². The highest BCUT2D eigenvalue weighted by Crippen LogP contribution is 2.26. The van der Waals surface area contributed by atoms with Gasteiger partial charge in [0, 0.05) is 24.5 Å². The normalized spacial score (nSPS) is 14.5. The van der Waals surface area contributed by atoms with E-state index in [0.717, 1.165) is 23.1 Å². The molecule has 0 aliphatic rings. The first kappa shape index (κ1) is 33.3. The minimum atomic E-state index is -1.70. The molecule has 0 heterocycles. The molecule has 3 aromatic carbocycles. The highest BCUT2D eigenvalue weighted by Gasteiger charge is 2.39. The van der Waals surface area contributed by atoms with Gasteiger partial charge in [-0.15, -0.1) is 0 Å². The van der Waals surface area contributed by atoms with Crippen LogP contribution in [-0.4, -0.2) is 47.8 Å². The third-order valence-electron chi connectivity index (χ3n) is 7.32. The highest BCUT2D eigenvalue weighted by molar-refractivity contribution is 5.87. The summed E-state index contributed by atoms with van der Waals surface area (Å²) in [7, 11) is 0. The number of Topliss-reactive ketones (excluding diaryl/α,β-unsaturated/α-hetero) is 1. The van der Waals surface area contributed by atoms with Crippen LogP contribution in [0.4, 0.5) is 0 Å². The Bertz CT molecular complexity index is 1240. The minimum absolute atomic E-state index is 0.00330. The monoisotopic (exact) mass is 584 g/mol. The molecule has 2 amide bonds. The number of hydrogen-bond donors (Lipinski definition) is 3. The highest BCUT2D eigenvalue weighted by atomic mass is 16.3. The third kappa shape index (κ3) is 12.3. The van der Waals surface area contributed by atoms with Crippen LogP contribution >= 0.6 is 0 Å². The van der Waals surface area contributed by atoms with Crippen LogP contribution in [0.3, 0.4) is 0 Å². The van der Waals surface area contributed by atoms with E-state index in [0.29, 0.717) is 12.8 Å². The Labute approximate surface area is 255 Å². The summed E-state index contributed by atoms with van der Waals surface area (Å²) in [5, 5.41) is 12.3. The number of ketones is 1. The third-order valence-corrected chi connectivity index (χ3v) is 7.32. The average molecular weight is 585 g/mol. The van der Waals surface area contributed by atoms with Crippen molar-refractivity contribution >= 4 is 17.6 Å². The van der Waals surface area contributed by atoms with E-state index < -0.39 is 17.4 Å². The average Bonchev–Trinajstić information content (AvgIpc) is 2.97. The number of nitroso groups, excluding NO2 is 1. The lowest BCUT2D eigenvalue weighted by molar-refractivity contribution is -0.126. The standard InChI is InChI=1S/C35H44N4O4/c1-26(19-29-13-7-4-8-14-29)36-25-32(40)22-35(39-43,23-33(41)37-27(2)20-30-15-9-5-10-16-30)24-34(42)38-28(3)21-31-17-11-6-12-18-31/h4-18,26-28,36H,19-25H2,1-3H3,(H,37,41)(H,38,42). The lowest BCUT2D eigenvalue weighted by Crippen LogP contribution is -2.46. The van der Waals surface area contributed by atoms with E-state index in [9.17, 15) is 19.3 Å². The zero-order valence-corrected chi connectivity index (χ0v) is 25.4. The molecule has 8 heteroatoms. The smallest absolute Gasteiger partial charge is 0.222 e. The fraction of sp³-hybridized carbons (Fsp3) is 0.400. The molecule has 0 saturated heterocycles. The molecular weight excluding hydrogens is 540 g/mol. The van der Waals surface area contributed by atoms with Crippen molar-refractivity contribution in [2.75, 3.05) is 6.54 Å². The summed E-state index contributed by atoms with van der Waals surface area (Å²) in [5.74, 6) is -1.13. The molecule has 0 saturated carbocycles. The maximum Gasteiger partial charge on any atom is 0.222 e. The van der Waals surface area contributed by atoms with Crippen LogP contribution < -0.4 is 16.0 Å². The summed E-state index contributed by atoms with van der Waals surface area (Å²) in [6.07, 6.45) is 0.904. The summed E-state index contributed by atoms with van der Waals surface area (Å²) in [4.78, 5) is 51.8. The topological polar surface area (TPSA) is 117 Å². The van der Waals surface area contributed by atoms with Crippen molar-refractivity contribution in [3.8, 4) is 0 Å². The second-order valence-electron chi connectivity index (χ2n) is 11.7. The lowest BCUT2D eigenvalue weighted by Gasteiger charge is -2.27. The zero-order chi connectivity index (χ0) is 31.1. The van der Waals surface area contributed by atoms with Crippen molar-refractivity contribution < 1.29 is 14.4 Å². The molecule has 228 valence electrons. The Hall–Kier alpha value is -4.17. The molecule has 0 aliphatic heterocycles. The van der Waals surface area contributed by atoms with Crippen molar-refractivity contribution in [1.29, 1.82) is 0 Å². The quantitative estimate of drug-likeness (QED) is 0.183. The van der Waals surface area contributed by atoms with Gasteiger partial charge in [-0.2, -0.15) is 4.91 Å². The van der Waals surface area contributed by atoms with Gasteiger partial charge in [0.2, 0.25) is 11.8 Å². The summed E-state index contributed by atoms with van der Waals surface area (Å²) >= 11 is 0. The Morgan fingerprint density at radius 3 is 1.35 bits per heavy atom. The van der Waals surface area contributed by atoms with Crippen LogP contribution in [0, 0.1) is 4.91 Å². The maximum absolute atomic E-state index is 13.1. The van der Waals surface area contributed by atoms with E-state index in [1.54, 1.807) is 0 Å². The molecule has 0 fully saturated rings. The molecule has 3 aromatic rings. The van der Waals surface area contributed by atoms with Crippen molar-refractivity contribution in [2.24, 2.45) is 5.18 Å². The molecule has 3 atom stereocenters. The first-order valence-electron chi connectivity index (χ1n) is 15.0. The summed E-state index contributed by atoms with van der Waals surface area (Å²) in [5.41, 5.74) is 1.57. The fourth-order valence-corrected chi connectivity index (χ4v) is 5.33. The number of hydrogen-bond acceptors (Lipinski definition) is 6. The SMILES string of the molecule is CC(Cc1ccccc1)NCC(=O)CC(CC(=O)NC(C)Cc1ccccc1)(CC(=O)NC(C)Cc1ccccc1)N=O. The number of benzene rings is 3. The van der Waals surface area contributed by atoms with Gasteiger partial charge in [0.15, 0.2) is 0 Å². The van der Waals surface area contributed by atoms with E-state index in [2.05, 4.69) is 21.1 Å². The van der Waals surface area contributed by atoms with Gasteiger partial charge in [0.25, 0.3) is 0 Å². The fourth-order valence-electron chi connectivity index (χ4n) is 5.33. The van der Waals surface area contributed by atoms with Gasteiger partial charge in [0.1, 0.15) is 11.3 Å². The first-order chi connectivity index (χ1) is 20.7. The molecule has 0 radical (unpaired) electrons. The van der Waals surface area contributed by atoms with E-state index in [-0.39, 0.29) is 49.7 Å². The first-order valence-corrected chi connectivity index (χ1v) is 15.0. The van der Waals surface area contributed by atoms with Gasteiger partial charge in [-0.25, -0.2) is 0 Å².